The topological polar surface area (TPSA) is 124 Å². The molecule has 0 unspecified atom stereocenters. The van der Waals surface area contributed by atoms with Crippen LogP contribution in [0, 0.1) is 0 Å². The van der Waals surface area contributed by atoms with Crippen LogP contribution in [0.5, 0.6) is 0 Å². The molecular weight excluding hydrogens is 448 g/mol. The van der Waals surface area contributed by atoms with Gasteiger partial charge >= 0.3 is 23.9 Å². The fourth-order valence-corrected chi connectivity index (χ4v) is 3.76. The fraction of sp³-hybridized carbons (Fsp3) is 0.833. The molecule has 0 aromatic carbocycles. The highest BCUT2D eigenvalue weighted by Crippen LogP contribution is 2.30. The van der Waals surface area contributed by atoms with E-state index in [9.17, 15) is 19.2 Å². The summed E-state index contributed by atoms with van der Waals surface area (Å²) in [6.07, 6.45) is 3.27. The Morgan fingerprint density at radius 3 is 1.68 bits per heavy atom. The second kappa shape index (κ2) is 16.4. The Bertz CT molecular complexity index is 650. The molecule has 0 aromatic heterocycles. The molecule has 0 amide bonds. The van der Waals surface area contributed by atoms with Gasteiger partial charge in [-0.25, -0.2) is 0 Å². The van der Waals surface area contributed by atoms with Crippen LogP contribution < -0.4 is 0 Å². The number of carbonyl (C=O) groups excluding carboxylic acids is 4. The van der Waals surface area contributed by atoms with Crippen LogP contribution in [-0.4, -0.2) is 67.8 Å². The van der Waals surface area contributed by atoms with Gasteiger partial charge in [0, 0.05) is 34.3 Å². The minimum atomic E-state index is -1.21. The number of hydrogen-bond acceptors (Lipinski definition) is 10. The Morgan fingerprint density at radius 1 is 0.647 bits per heavy atom. The molecule has 10 nitrogen and oxygen atoms in total. The molecule has 0 radical (unpaired) electrons. The van der Waals surface area contributed by atoms with E-state index in [1.807, 2.05) is 0 Å². The largest absolute Gasteiger partial charge is 0.463 e. The van der Waals surface area contributed by atoms with E-state index in [1.54, 1.807) is 0 Å². The van der Waals surface area contributed by atoms with Gasteiger partial charge in [0.25, 0.3) is 0 Å². The monoisotopic (exact) mass is 488 g/mol. The Balaban J connectivity index is 2.89. The van der Waals surface area contributed by atoms with E-state index in [-0.39, 0.29) is 6.61 Å². The van der Waals surface area contributed by atoms with Crippen molar-refractivity contribution < 1.29 is 47.6 Å². The molecule has 1 heterocycles. The van der Waals surface area contributed by atoms with E-state index in [0.717, 1.165) is 19.3 Å². The highest BCUT2D eigenvalue weighted by molar-refractivity contribution is 5.68. The first-order valence-electron chi connectivity index (χ1n) is 12.1. The zero-order valence-corrected chi connectivity index (χ0v) is 21.0. The summed E-state index contributed by atoms with van der Waals surface area (Å²) in [4.78, 5) is 46.7. The van der Waals surface area contributed by atoms with Gasteiger partial charge in [-0.1, -0.05) is 51.9 Å². The quantitative estimate of drug-likeness (QED) is 0.193. The second-order valence-electron chi connectivity index (χ2n) is 8.41. The molecule has 0 aromatic rings. The van der Waals surface area contributed by atoms with Crippen LogP contribution in [-0.2, 0) is 47.6 Å². The Labute approximate surface area is 201 Å². The first kappa shape index (κ1) is 29.8. The Kier molecular flexibility index (Phi) is 14.4. The van der Waals surface area contributed by atoms with Gasteiger partial charge in [0.2, 0.25) is 0 Å². The molecule has 5 atom stereocenters. The van der Waals surface area contributed by atoms with Crippen molar-refractivity contribution in [2.75, 3.05) is 13.2 Å². The van der Waals surface area contributed by atoms with Crippen molar-refractivity contribution in [3.8, 4) is 0 Å². The molecule has 1 aliphatic heterocycles. The lowest BCUT2D eigenvalue weighted by Gasteiger charge is -2.44. The summed E-state index contributed by atoms with van der Waals surface area (Å²) in [5.41, 5.74) is 0. The van der Waals surface area contributed by atoms with Crippen LogP contribution >= 0.6 is 0 Å². The minimum absolute atomic E-state index is 0.268. The highest BCUT2D eigenvalue weighted by Gasteiger charge is 2.52. The van der Waals surface area contributed by atoms with E-state index >= 15 is 0 Å². The van der Waals surface area contributed by atoms with Crippen LogP contribution in [0.15, 0.2) is 0 Å². The minimum Gasteiger partial charge on any atom is -0.463 e. The molecule has 0 spiro atoms. The van der Waals surface area contributed by atoms with Crippen molar-refractivity contribution >= 4 is 23.9 Å². The number of ether oxygens (including phenoxy) is 6. The maximum Gasteiger partial charge on any atom is 0.303 e. The maximum absolute atomic E-state index is 11.8. The van der Waals surface area contributed by atoms with Gasteiger partial charge in [0.1, 0.15) is 12.7 Å². The van der Waals surface area contributed by atoms with Crippen LogP contribution in [0.3, 0.4) is 0 Å². The van der Waals surface area contributed by atoms with Crippen molar-refractivity contribution in [3.63, 3.8) is 0 Å². The predicted molar refractivity (Wildman–Crippen MR) is 121 cm³/mol. The number of carbonyl (C=O) groups is 4. The summed E-state index contributed by atoms with van der Waals surface area (Å²) in [5, 5.41) is 0. The smallest absolute Gasteiger partial charge is 0.303 e. The maximum atomic E-state index is 11.8. The molecule has 0 aliphatic carbocycles. The standard InChI is InChI=1S/C24H40O10/c1-6-7-8-9-10-11-12-13-14-29-24-23(33-19(5)28)22(32-18(4)27)21(31-17(3)26)20(34-24)15-30-16(2)25/h20-24H,6-15H2,1-5H3/t20-,21-,22+,23-,24+/m1/s1. The molecule has 1 aliphatic rings. The van der Waals surface area contributed by atoms with Gasteiger partial charge in [-0.15, -0.1) is 0 Å². The summed E-state index contributed by atoms with van der Waals surface area (Å²) < 4.78 is 32.9. The lowest BCUT2D eigenvalue weighted by Crippen LogP contribution is -2.63. The van der Waals surface area contributed by atoms with E-state index in [0.29, 0.717) is 6.61 Å². The molecule has 34 heavy (non-hydrogen) atoms. The third kappa shape index (κ3) is 11.8. The van der Waals surface area contributed by atoms with E-state index in [1.165, 1.54) is 59.8 Å². The average Bonchev–Trinajstić information content (AvgIpc) is 2.74. The first-order valence-corrected chi connectivity index (χ1v) is 12.1. The molecule has 0 bridgehead atoms. The van der Waals surface area contributed by atoms with E-state index in [4.69, 9.17) is 28.4 Å². The van der Waals surface area contributed by atoms with Gasteiger partial charge in [-0.2, -0.15) is 0 Å². The summed E-state index contributed by atoms with van der Waals surface area (Å²) in [5.74, 6) is -2.55. The number of rotatable bonds is 15. The molecule has 0 saturated carbocycles. The zero-order chi connectivity index (χ0) is 25.5. The van der Waals surface area contributed by atoms with Crippen LogP contribution in [0.2, 0.25) is 0 Å². The Morgan fingerprint density at radius 2 is 1.15 bits per heavy atom. The van der Waals surface area contributed by atoms with Gasteiger partial charge < -0.3 is 28.4 Å². The zero-order valence-electron chi connectivity index (χ0n) is 21.0. The van der Waals surface area contributed by atoms with Crippen LogP contribution in [0.25, 0.3) is 0 Å². The van der Waals surface area contributed by atoms with Crippen molar-refractivity contribution in [2.45, 2.75) is 117 Å². The third-order valence-electron chi connectivity index (χ3n) is 5.23. The van der Waals surface area contributed by atoms with Crippen molar-refractivity contribution in [1.82, 2.24) is 0 Å². The van der Waals surface area contributed by atoms with E-state index < -0.39 is 54.6 Å². The summed E-state index contributed by atoms with van der Waals surface area (Å²) in [7, 11) is 0. The van der Waals surface area contributed by atoms with Crippen LogP contribution in [0.1, 0.15) is 86.0 Å². The highest BCUT2D eigenvalue weighted by atomic mass is 16.7. The number of hydrogen-bond donors (Lipinski definition) is 0. The average molecular weight is 489 g/mol. The lowest BCUT2D eigenvalue weighted by atomic mass is 9.98. The molecule has 196 valence electrons. The predicted octanol–water partition coefficient (Wildman–Crippen LogP) is 3.23. The molecular formula is C24H40O10. The third-order valence-corrected chi connectivity index (χ3v) is 5.23. The van der Waals surface area contributed by atoms with Gasteiger partial charge in [-0.3, -0.25) is 19.2 Å². The molecule has 1 rings (SSSR count). The summed E-state index contributed by atoms with van der Waals surface area (Å²) >= 11 is 0. The fourth-order valence-electron chi connectivity index (χ4n) is 3.76. The molecule has 1 saturated heterocycles. The number of unbranched alkanes of at least 4 members (excludes halogenated alkanes) is 7. The normalized spacial score (nSPS) is 24.2. The van der Waals surface area contributed by atoms with Crippen molar-refractivity contribution in [3.05, 3.63) is 0 Å². The van der Waals surface area contributed by atoms with E-state index in [2.05, 4.69) is 6.92 Å². The van der Waals surface area contributed by atoms with Gasteiger partial charge in [-0.05, 0) is 6.42 Å². The molecule has 1 fully saturated rings. The SMILES string of the molecule is CCCCCCCCCCO[C@H]1O[C@H](COC(C)=O)[C@@H](OC(C)=O)[C@H](OC(C)=O)[C@H]1OC(C)=O. The molecule has 10 heteroatoms. The van der Waals surface area contributed by atoms with Crippen molar-refractivity contribution in [2.24, 2.45) is 0 Å². The lowest BCUT2D eigenvalue weighted by molar-refractivity contribution is -0.308. The Hall–Kier alpha value is -2.20. The van der Waals surface area contributed by atoms with Gasteiger partial charge in [0.15, 0.2) is 24.6 Å². The van der Waals surface area contributed by atoms with Crippen LogP contribution in [0.4, 0.5) is 0 Å². The van der Waals surface area contributed by atoms with Crippen molar-refractivity contribution in [1.29, 1.82) is 0 Å². The second-order valence-corrected chi connectivity index (χ2v) is 8.41. The molecule has 0 N–H and O–H groups in total. The first-order chi connectivity index (χ1) is 16.1. The summed E-state index contributed by atoms with van der Waals surface area (Å²) in [6.45, 7) is 7.03. The number of esters is 4. The van der Waals surface area contributed by atoms with Gasteiger partial charge in [0.05, 0.1) is 0 Å². The summed E-state index contributed by atoms with van der Waals surface area (Å²) in [6, 6.07) is 0.